The molecule has 8 heteroatoms. The lowest BCUT2D eigenvalue weighted by Gasteiger charge is -2.19. The fraction of sp³-hybridized carbons (Fsp3) is 0.0870. The Bertz CT molecular complexity index is 1110. The zero-order chi connectivity index (χ0) is 22.2. The molecular weight excluding hydrogens is 414 g/mol. The Morgan fingerprint density at radius 3 is 1.97 bits per heavy atom. The number of benzene rings is 2. The molecule has 7 nitrogen and oxygen atoms in total. The highest BCUT2D eigenvalue weighted by Crippen LogP contribution is 2.42. The van der Waals surface area contributed by atoms with Crippen molar-refractivity contribution in [3.63, 3.8) is 0 Å². The second-order valence-corrected chi connectivity index (χ2v) is 7.18. The Morgan fingerprint density at radius 2 is 1.52 bits per heavy atom. The van der Waals surface area contributed by atoms with Gasteiger partial charge in [-0.1, -0.05) is 36.4 Å². The molecule has 0 aliphatic heterocycles. The summed E-state index contributed by atoms with van der Waals surface area (Å²) in [6, 6.07) is 21.0. The summed E-state index contributed by atoms with van der Waals surface area (Å²) in [7, 11) is 2.94. The molecule has 31 heavy (non-hydrogen) atoms. The number of hydrogen-bond donors (Lipinski definition) is 1. The van der Waals surface area contributed by atoms with Gasteiger partial charge in [0, 0.05) is 0 Å². The molecule has 0 radical (unpaired) electrons. The first-order valence-electron chi connectivity index (χ1n) is 9.13. The quantitative estimate of drug-likeness (QED) is 0.234. The first kappa shape index (κ1) is 21.6. The number of para-hydroxylation sites is 2. The number of anilines is 2. The minimum absolute atomic E-state index is 0.342. The smallest absolute Gasteiger partial charge is 0.346 e. The molecule has 0 atom stereocenters. The molecular formula is C23H19N3O4S. The van der Waals surface area contributed by atoms with Gasteiger partial charge in [-0.05, 0) is 30.3 Å². The standard InChI is InChI=1S/C23H19N3O4S/c1-29-21-19(13-16(14-24)23(27)28)31-20(22(21)30-2)15-25-26(17-9-5-3-6-10-17)18-11-7-4-8-12-18/h3-13,15H,1-2H3,(H,27,28)/b16-13+,25-15+. The first-order chi connectivity index (χ1) is 15.1. The molecule has 0 aliphatic carbocycles. The number of ether oxygens (including phenoxy) is 2. The van der Waals surface area contributed by atoms with Crippen LogP contribution in [0, 0.1) is 11.3 Å². The van der Waals surface area contributed by atoms with E-state index in [0.717, 1.165) is 11.4 Å². The van der Waals surface area contributed by atoms with Crippen LogP contribution >= 0.6 is 11.3 Å². The Balaban J connectivity index is 2.07. The van der Waals surface area contributed by atoms with Crippen molar-refractivity contribution >= 4 is 41.0 Å². The van der Waals surface area contributed by atoms with Crippen LogP contribution < -0.4 is 14.5 Å². The summed E-state index contributed by atoms with van der Waals surface area (Å²) in [6.45, 7) is 0. The maximum Gasteiger partial charge on any atom is 0.346 e. The van der Waals surface area contributed by atoms with Gasteiger partial charge in [-0.25, -0.2) is 9.80 Å². The van der Waals surface area contributed by atoms with Gasteiger partial charge in [0.05, 0.1) is 41.6 Å². The van der Waals surface area contributed by atoms with Crippen molar-refractivity contribution in [2.45, 2.75) is 0 Å². The largest absolute Gasteiger partial charge is 0.491 e. The van der Waals surface area contributed by atoms with Gasteiger partial charge in [-0.3, -0.25) is 0 Å². The van der Waals surface area contributed by atoms with Crippen LogP contribution in [0.5, 0.6) is 11.5 Å². The Kier molecular flexibility index (Phi) is 7.04. The van der Waals surface area contributed by atoms with E-state index in [-0.39, 0.29) is 0 Å². The minimum atomic E-state index is -1.31. The minimum Gasteiger partial charge on any atom is -0.491 e. The fourth-order valence-electron chi connectivity index (χ4n) is 2.81. The zero-order valence-electron chi connectivity index (χ0n) is 16.9. The topological polar surface area (TPSA) is 95.2 Å². The third-order valence-electron chi connectivity index (χ3n) is 4.20. The van der Waals surface area contributed by atoms with E-state index in [4.69, 9.17) is 19.8 Å². The summed E-state index contributed by atoms with van der Waals surface area (Å²) in [5, 5.41) is 24.7. The van der Waals surface area contributed by atoms with E-state index in [1.54, 1.807) is 17.3 Å². The van der Waals surface area contributed by atoms with E-state index < -0.39 is 11.5 Å². The number of rotatable bonds is 8. The predicted molar refractivity (Wildman–Crippen MR) is 121 cm³/mol. The van der Waals surface area contributed by atoms with Gasteiger partial charge in [0.25, 0.3) is 0 Å². The first-order valence-corrected chi connectivity index (χ1v) is 9.94. The van der Waals surface area contributed by atoms with Crippen molar-refractivity contribution in [2.24, 2.45) is 5.10 Å². The zero-order valence-corrected chi connectivity index (χ0v) is 17.7. The van der Waals surface area contributed by atoms with E-state index in [2.05, 4.69) is 5.10 Å². The summed E-state index contributed by atoms with van der Waals surface area (Å²) in [4.78, 5) is 12.3. The molecule has 3 aromatic rings. The lowest BCUT2D eigenvalue weighted by atomic mass is 10.2. The van der Waals surface area contributed by atoms with Gasteiger partial charge >= 0.3 is 5.97 Å². The van der Waals surface area contributed by atoms with Gasteiger partial charge in [0.2, 0.25) is 0 Å². The van der Waals surface area contributed by atoms with Crippen LogP contribution in [0.2, 0.25) is 0 Å². The monoisotopic (exact) mass is 433 g/mol. The number of carbonyl (C=O) groups is 1. The van der Waals surface area contributed by atoms with Gasteiger partial charge in [-0.15, -0.1) is 11.3 Å². The third kappa shape index (κ3) is 4.91. The third-order valence-corrected chi connectivity index (χ3v) is 5.23. The van der Waals surface area contributed by atoms with E-state index in [1.807, 2.05) is 60.7 Å². The number of methoxy groups -OCH3 is 2. The number of thiophene rings is 1. The van der Waals surface area contributed by atoms with Gasteiger partial charge < -0.3 is 14.6 Å². The van der Waals surface area contributed by atoms with Crippen molar-refractivity contribution in [3.8, 4) is 17.6 Å². The molecule has 156 valence electrons. The predicted octanol–water partition coefficient (Wildman–Crippen LogP) is 4.93. The average molecular weight is 433 g/mol. The molecule has 1 heterocycles. The Labute approximate surface area is 183 Å². The van der Waals surface area contributed by atoms with Crippen molar-refractivity contribution in [3.05, 3.63) is 76.0 Å². The lowest BCUT2D eigenvalue weighted by Crippen LogP contribution is -2.09. The summed E-state index contributed by atoms with van der Waals surface area (Å²) in [5.74, 6) is -0.563. The van der Waals surface area contributed by atoms with Gasteiger partial charge in [-0.2, -0.15) is 10.4 Å². The Hall–Kier alpha value is -4.09. The van der Waals surface area contributed by atoms with Gasteiger partial charge in [0.1, 0.15) is 11.6 Å². The van der Waals surface area contributed by atoms with Crippen molar-refractivity contribution < 1.29 is 19.4 Å². The average Bonchev–Trinajstić information content (AvgIpc) is 3.15. The second-order valence-electron chi connectivity index (χ2n) is 6.10. The summed E-state index contributed by atoms with van der Waals surface area (Å²) in [6.07, 6.45) is 2.88. The second kappa shape index (κ2) is 10.1. The number of hydrogen-bond acceptors (Lipinski definition) is 7. The van der Waals surface area contributed by atoms with Crippen LogP contribution in [0.3, 0.4) is 0 Å². The lowest BCUT2D eigenvalue weighted by molar-refractivity contribution is -0.132. The molecule has 0 saturated heterocycles. The highest BCUT2D eigenvalue weighted by atomic mass is 32.1. The van der Waals surface area contributed by atoms with Crippen LogP contribution in [0.4, 0.5) is 11.4 Å². The number of carboxylic acids is 1. The molecule has 0 fully saturated rings. The Morgan fingerprint density at radius 1 is 1.00 bits per heavy atom. The SMILES string of the molecule is COc1c(/C=N/N(c2ccccc2)c2ccccc2)sc(/C=C(\C#N)C(=O)O)c1OC. The molecule has 2 aromatic carbocycles. The van der Waals surface area contributed by atoms with E-state index in [9.17, 15) is 4.79 Å². The van der Waals surface area contributed by atoms with Crippen LogP contribution in [0.1, 0.15) is 9.75 Å². The highest BCUT2D eigenvalue weighted by Gasteiger charge is 2.20. The summed E-state index contributed by atoms with van der Waals surface area (Å²) in [5.41, 5.74) is 1.33. The number of hydrazone groups is 1. The fourth-order valence-corrected chi connectivity index (χ4v) is 3.86. The summed E-state index contributed by atoms with van der Waals surface area (Å²) >= 11 is 1.21. The van der Waals surface area contributed by atoms with E-state index in [0.29, 0.717) is 21.3 Å². The van der Waals surface area contributed by atoms with Crippen molar-refractivity contribution in [1.29, 1.82) is 5.26 Å². The van der Waals surface area contributed by atoms with Crippen LogP contribution in [0.25, 0.3) is 6.08 Å². The van der Waals surface area contributed by atoms with Crippen LogP contribution in [0.15, 0.2) is 71.3 Å². The van der Waals surface area contributed by atoms with E-state index >= 15 is 0 Å². The number of carboxylic acid groups (broad SMARTS) is 1. The number of aliphatic carboxylic acids is 1. The normalized spacial score (nSPS) is 11.2. The van der Waals surface area contributed by atoms with Crippen molar-refractivity contribution in [1.82, 2.24) is 0 Å². The molecule has 0 amide bonds. The molecule has 0 unspecified atom stereocenters. The molecule has 0 aliphatic rings. The van der Waals surface area contributed by atoms with Crippen molar-refractivity contribution in [2.75, 3.05) is 19.2 Å². The molecule has 1 N–H and O–H groups in total. The molecule has 1 aromatic heterocycles. The molecule has 0 spiro atoms. The van der Waals surface area contributed by atoms with Gasteiger partial charge in [0.15, 0.2) is 11.5 Å². The molecule has 3 rings (SSSR count). The maximum atomic E-state index is 11.2. The molecule has 0 saturated carbocycles. The molecule has 0 bridgehead atoms. The van der Waals surface area contributed by atoms with E-state index in [1.165, 1.54) is 31.6 Å². The van der Waals surface area contributed by atoms with Crippen LogP contribution in [-0.4, -0.2) is 31.5 Å². The maximum absolute atomic E-state index is 11.2. The highest BCUT2D eigenvalue weighted by molar-refractivity contribution is 7.15. The number of nitrogens with zero attached hydrogens (tertiary/aromatic N) is 3. The summed E-state index contributed by atoms with van der Waals surface area (Å²) < 4.78 is 10.9. The number of nitriles is 1. The van der Waals surface area contributed by atoms with Crippen LogP contribution in [-0.2, 0) is 4.79 Å².